The minimum atomic E-state index is -3.88. The smallest absolute Gasteiger partial charge is 0.262 e. The van der Waals surface area contributed by atoms with Gasteiger partial charge in [0.1, 0.15) is 12.4 Å². The Hall–Kier alpha value is -2.94. The van der Waals surface area contributed by atoms with Gasteiger partial charge < -0.3 is 19.5 Å². The minimum absolute atomic E-state index is 0.0153. The van der Waals surface area contributed by atoms with Crippen LogP contribution in [-0.4, -0.2) is 35.2 Å². The molecule has 2 aromatic rings. The van der Waals surface area contributed by atoms with Crippen molar-refractivity contribution in [2.45, 2.75) is 18.7 Å². The highest BCUT2D eigenvalue weighted by Crippen LogP contribution is 2.35. The van der Waals surface area contributed by atoms with Crippen LogP contribution in [0.5, 0.6) is 17.2 Å². The lowest BCUT2D eigenvalue weighted by Gasteiger charge is -2.18. The van der Waals surface area contributed by atoms with E-state index in [1.54, 1.807) is 26.0 Å². The van der Waals surface area contributed by atoms with Gasteiger partial charge in [-0.05, 0) is 44.2 Å². The zero-order chi connectivity index (χ0) is 20.5. The summed E-state index contributed by atoms with van der Waals surface area (Å²) in [5.41, 5.74) is -0.00144. The molecule has 0 atom stereocenters. The van der Waals surface area contributed by atoms with Gasteiger partial charge in [0.05, 0.1) is 35.9 Å². The van der Waals surface area contributed by atoms with Crippen LogP contribution in [0.15, 0.2) is 41.3 Å². The van der Waals surface area contributed by atoms with Crippen molar-refractivity contribution >= 4 is 27.3 Å². The molecule has 3 rings (SSSR count). The molecule has 1 amide bonds. The van der Waals surface area contributed by atoms with Crippen molar-refractivity contribution in [1.82, 2.24) is 0 Å². The molecule has 1 aliphatic heterocycles. The van der Waals surface area contributed by atoms with Crippen molar-refractivity contribution in [2.75, 3.05) is 30.9 Å². The molecule has 2 aromatic carbocycles. The van der Waals surface area contributed by atoms with Crippen molar-refractivity contribution < 1.29 is 27.4 Å². The van der Waals surface area contributed by atoms with E-state index in [0.29, 0.717) is 22.9 Å². The lowest BCUT2D eigenvalue weighted by Crippen LogP contribution is -2.33. The second-order valence-corrected chi connectivity index (χ2v) is 8.64. The third-order valence-electron chi connectivity index (χ3n) is 4.35. The van der Waals surface area contributed by atoms with E-state index < -0.39 is 15.4 Å². The van der Waals surface area contributed by atoms with Gasteiger partial charge in [0.15, 0.2) is 11.5 Å². The van der Waals surface area contributed by atoms with Crippen molar-refractivity contribution in [3.63, 3.8) is 0 Å². The average molecular weight is 406 g/mol. The summed E-state index contributed by atoms with van der Waals surface area (Å²) in [5, 5.41) is 2.78. The second-order valence-electron chi connectivity index (χ2n) is 6.96. The Bertz CT molecular complexity index is 1020. The number of hydrogen-bond donors (Lipinski definition) is 2. The molecule has 2 N–H and O–H groups in total. The predicted molar refractivity (Wildman–Crippen MR) is 105 cm³/mol. The predicted octanol–water partition coefficient (Wildman–Crippen LogP) is 2.86. The third-order valence-corrected chi connectivity index (χ3v) is 5.73. The molecule has 9 heteroatoms. The minimum Gasteiger partial charge on any atom is -0.493 e. The first kappa shape index (κ1) is 19.8. The first-order valence-corrected chi connectivity index (χ1v) is 9.98. The van der Waals surface area contributed by atoms with Gasteiger partial charge >= 0.3 is 0 Å². The number of benzene rings is 2. The van der Waals surface area contributed by atoms with Gasteiger partial charge in [0, 0.05) is 6.07 Å². The topological polar surface area (TPSA) is 103 Å². The van der Waals surface area contributed by atoms with Gasteiger partial charge in [0.25, 0.3) is 10.0 Å². The first-order valence-electron chi connectivity index (χ1n) is 8.49. The molecule has 0 radical (unpaired) electrons. The second kappa shape index (κ2) is 7.23. The molecule has 8 nitrogen and oxygen atoms in total. The van der Waals surface area contributed by atoms with E-state index in [-0.39, 0.29) is 23.1 Å². The first-order chi connectivity index (χ1) is 13.2. The van der Waals surface area contributed by atoms with Gasteiger partial charge in [-0.25, -0.2) is 8.42 Å². The van der Waals surface area contributed by atoms with Crippen LogP contribution in [0.3, 0.4) is 0 Å². The largest absolute Gasteiger partial charge is 0.493 e. The van der Waals surface area contributed by atoms with E-state index in [4.69, 9.17) is 14.2 Å². The Morgan fingerprint density at radius 3 is 2.46 bits per heavy atom. The molecule has 0 spiro atoms. The maximum atomic E-state index is 12.7. The summed E-state index contributed by atoms with van der Waals surface area (Å²) < 4.78 is 43.9. The van der Waals surface area contributed by atoms with Crippen LogP contribution in [-0.2, 0) is 14.8 Å². The molecule has 0 aromatic heterocycles. The number of amides is 1. The van der Waals surface area contributed by atoms with Crippen molar-refractivity contribution in [3.05, 3.63) is 36.4 Å². The maximum absolute atomic E-state index is 12.7. The van der Waals surface area contributed by atoms with Crippen LogP contribution in [0, 0.1) is 5.41 Å². The van der Waals surface area contributed by atoms with Crippen LogP contribution >= 0.6 is 0 Å². The average Bonchev–Trinajstić information content (AvgIpc) is 2.76. The van der Waals surface area contributed by atoms with E-state index in [2.05, 4.69) is 10.0 Å². The quantitative estimate of drug-likeness (QED) is 0.792. The van der Waals surface area contributed by atoms with Crippen molar-refractivity contribution in [3.8, 4) is 17.2 Å². The van der Waals surface area contributed by atoms with E-state index in [1.165, 1.54) is 38.5 Å². The lowest BCUT2D eigenvalue weighted by molar-refractivity contribution is -0.124. The van der Waals surface area contributed by atoms with E-state index >= 15 is 0 Å². The summed E-state index contributed by atoms with van der Waals surface area (Å²) in [6.07, 6.45) is 0. The maximum Gasteiger partial charge on any atom is 0.262 e. The molecule has 0 fully saturated rings. The number of rotatable bonds is 5. The zero-order valence-electron chi connectivity index (χ0n) is 16.0. The molecule has 0 bridgehead atoms. The summed E-state index contributed by atoms with van der Waals surface area (Å²) in [6, 6.07) is 9.01. The standard InChI is InChI=1S/C19H22N2O6S/c1-19(2)11-27-15-7-5-12(9-14(15)20-18(19)22)21-28(23,24)13-6-8-16(25-3)17(10-13)26-4/h5-10,21H,11H2,1-4H3,(H,20,22). The highest BCUT2D eigenvalue weighted by molar-refractivity contribution is 7.92. The summed E-state index contributed by atoms with van der Waals surface area (Å²) in [5.74, 6) is 1.00. The van der Waals surface area contributed by atoms with Gasteiger partial charge in [-0.2, -0.15) is 0 Å². The Balaban J connectivity index is 1.89. The fourth-order valence-corrected chi connectivity index (χ4v) is 3.69. The van der Waals surface area contributed by atoms with E-state index in [1.807, 2.05) is 0 Å². The van der Waals surface area contributed by atoms with Crippen LogP contribution in [0.2, 0.25) is 0 Å². The highest BCUT2D eigenvalue weighted by atomic mass is 32.2. The van der Waals surface area contributed by atoms with Gasteiger partial charge in [-0.3, -0.25) is 9.52 Å². The van der Waals surface area contributed by atoms with Crippen LogP contribution in [0.4, 0.5) is 11.4 Å². The van der Waals surface area contributed by atoms with Gasteiger partial charge in [-0.1, -0.05) is 0 Å². The van der Waals surface area contributed by atoms with Crippen molar-refractivity contribution in [2.24, 2.45) is 5.41 Å². The fourth-order valence-electron chi connectivity index (χ4n) is 2.63. The molecule has 150 valence electrons. The Morgan fingerprint density at radius 1 is 1.07 bits per heavy atom. The number of nitrogens with one attached hydrogen (secondary N) is 2. The molecule has 0 unspecified atom stereocenters. The van der Waals surface area contributed by atoms with Crippen LogP contribution in [0.25, 0.3) is 0 Å². The Kier molecular flexibility index (Phi) is 5.12. The number of hydrogen-bond acceptors (Lipinski definition) is 6. The zero-order valence-corrected chi connectivity index (χ0v) is 16.8. The number of fused-ring (bicyclic) bond motifs is 1. The molecule has 1 aliphatic rings. The number of ether oxygens (including phenoxy) is 3. The molecular weight excluding hydrogens is 384 g/mol. The van der Waals surface area contributed by atoms with Crippen molar-refractivity contribution in [1.29, 1.82) is 0 Å². The third kappa shape index (κ3) is 3.84. The van der Waals surface area contributed by atoms with Gasteiger partial charge in [0.2, 0.25) is 5.91 Å². The SMILES string of the molecule is COc1ccc(S(=O)(=O)Nc2ccc3c(c2)NC(=O)C(C)(C)CO3)cc1OC. The van der Waals surface area contributed by atoms with E-state index in [0.717, 1.165) is 0 Å². The summed E-state index contributed by atoms with van der Waals surface area (Å²) in [6.45, 7) is 3.77. The van der Waals surface area contributed by atoms with Crippen LogP contribution in [0.1, 0.15) is 13.8 Å². The normalized spacial score (nSPS) is 15.5. The number of methoxy groups -OCH3 is 2. The molecule has 0 saturated carbocycles. The fraction of sp³-hybridized carbons (Fsp3) is 0.316. The molecule has 1 heterocycles. The molecule has 0 saturated heterocycles. The highest BCUT2D eigenvalue weighted by Gasteiger charge is 2.32. The number of carbonyl (C=O) groups is 1. The summed E-state index contributed by atoms with van der Waals surface area (Å²) >= 11 is 0. The Labute approximate surface area is 163 Å². The lowest BCUT2D eigenvalue weighted by atomic mass is 9.94. The van der Waals surface area contributed by atoms with Gasteiger partial charge in [-0.15, -0.1) is 0 Å². The molecule has 0 aliphatic carbocycles. The van der Waals surface area contributed by atoms with E-state index in [9.17, 15) is 13.2 Å². The summed E-state index contributed by atoms with van der Waals surface area (Å²) in [7, 11) is -0.983. The Morgan fingerprint density at radius 2 is 1.79 bits per heavy atom. The number of sulfonamides is 1. The molecular formula is C19H22N2O6S. The molecule has 28 heavy (non-hydrogen) atoms. The number of carbonyl (C=O) groups excluding carboxylic acids is 1. The number of anilines is 2. The summed E-state index contributed by atoms with van der Waals surface area (Å²) in [4.78, 5) is 12.3. The monoisotopic (exact) mass is 406 g/mol. The van der Waals surface area contributed by atoms with Crippen LogP contribution < -0.4 is 24.2 Å².